The number of aromatic amines is 1. The third-order valence-electron chi connectivity index (χ3n) is 6.75. The first-order chi connectivity index (χ1) is 18.2. The Labute approximate surface area is 222 Å². The van der Waals surface area contributed by atoms with E-state index in [4.69, 9.17) is 4.98 Å². The number of benzene rings is 2. The summed E-state index contributed by atoms with van der Waals surface area (Å²) in [5.74, 6) is 0.389. The number of rotatable bonds is 8. The number of hydrogen-bond donors (Lipinski definition) is 3. The van der Waals surface area contributed by atoms with E-state index in [-0.39, 0.29) is 5.56 Å². The largest absolute Gasteiger partial charge is 0.390 e. The Hall–Kier alpha value is -3.95. The molecule has 4 aromatic rings. The van der Waals surface area contributed by atoms with Gasteiger partial charge in [0.05, 0.1) is 17.8 Å². The van der Waals surface area contributed by atoms with Gasteiger partial charge in [0.2, 0.25) is 5.95 Å². The quantitative estimate of drug-likeness (QED) is 0.308. The Morgan fingerprint density at radius 3 is 2.53 bits per heavy atom. The van der Waals surface area contributed by atoms with E-state index in [2.05, 4.69) is 51.0 Å². The summed E-state index contributed by atoms with van der Waals surface area (Å²) in [4.78, 5) is 27.4. The van der Waals surface area contributed by atoms with Crippen LogP contribution in [0.2, 0.25) is 0 Å². The molecule has 1 aliphatic heterocycles. The van der Waals surface area contributed by atoms with Crippen molar-refractivity contribution in [1.82, 2.24) is 24.6 Å². The lowest BCUT2D eigenvalue weighted by atomic mass is 9.96. The number of nitrogens with one attached hydrogen (secondary N) is 2. The average Bonchev–Trinajstić information content (AvgIpc) is 3.19. The minimum Gasteiger partial charge on any atom is -0.390 e. The van der Waals surface area contributed by atoms with Crippen LogP contribution in [0.25, 0.3) is 22.3 Å². The maximum atomic E-state index is 13.2. The molecule has 0 radical (unpaired) electrons. The number of hydrogen-bond acceptors (Lipinski definition) is 7. The van der Waals surface area contributed by atoms with Gasteiger partial charge in [0, 0.05) is 49.5 Å². The van der Waals surface area contributed by atoms with Gasteiger partial charge >= 0.3 is 0 Å². The van der Waals surface area contributed by atoms with Crippen molar-refractivity contribution in [2.24, 2.45) is 0 Å². The van der Waals surface area contributed by atoms with Gasteiger partial charge in [0.15, 0.2) is 5.65 Å². The van der Waals surface area contributed by atoms with Crippen LogP contribution in [-0.2, 0) is 13.0 Å². The molecule has 198 valence electrons. The minimum absolute atomic E-state index is 0.203. The van der Waals surface area contributed by atoms with Crippen LogP contribution >= 0.6 is 0 Å². The predicted octanol–water partition coefficient (Wildman–Crippen LogP) is 3.78. The summed E-state index contributed by atoms with van der Waals surface area (Å²) < 4.78 is 1.48. The van der Waals surface area contributed by atoms with Crippen LogP contribution < -0.4 is 15.8 Å². The molecule has 9 heteroatoms. The van der Waals surface area contributed by atoms with E-state index in [1.165, 1.54) is 10.4 Å². The van der Waals surface area contributed by atoms with Crippen LogP contribution in [0.5, 0.6) is 0 Å². The fourth-order valence-electron chi connectivity index (χ4n) is 4.86. The maximum absolute atomic E-state index is 13.2. The monoisotopic (exact) mass is 513 g/mol. The molecular formula is C29H35N7O2. The third kappa shape index (κ3) is 5.64. The fourth-order valence-corrected chi connectivity index (χ4v) is 4.86. The highest BCUT2D eigenvalue weighted by Gasteiger charge is 2.20. The molecule has 5 rings (SSSR count). The van der Waals surface area contributed by atoms with Crippen molar-refractivity contribution in [3.8, 4) is 11.3 Å². The van der Waals surface area contributed by atoms with Crippen LogP contribution in [0.1, 0.15) is 19.4 Å². The summed E-state index contributed by atoms with van der Waals surface area (Å²) in [5, 5.41) is 17.2. The summed E-state index contributed by atoms with van der Waals surface area (Å²) in [5.41, 5.74) is 3.72. The van der Waals surface area contributed by atoms with E-state index in [0.29, 0.717) is 35.6 Å². The lowest BCUT2D eigenvalue weighted by Crippen LogP contribution is -2.44. The summed E-state index contributed by atoms with van der Waals surface area (Å²) in [7, 11) is 2.15. The normalized spacial score (nSPS) is 14.7. The highest BCUT2D eigenvalue weighted by atomic mass is 16.3. The number of likely N-dealkylation sites (N-methyl/N-ethyl adjacent to an activating group) is 1. The van der Waals surface area contributed by atoms with E-state index >= 15 is 0 Å². The van der Waals surface area contributed by atoms with Crippen molar-refractivity contribution in [1.29, 1.82) is 0 Å². The zero-order valence-electron chi connectivity index (χ0n) is 22.2. The van der Waals surface area contributed by atoms with Gasteiger partial charge in [0.1, 0.15) is 5.39 Å². The van der Waals surface area contributed by atoms with E-state index < -0.39 is 5.60 Å². The second-order valence-corrected chi connectivity index (χ2v) is 10.6. The molecule has 38 heavy (non-hydrogen) atoms. The van der Waals surface area contributed by atoms with Crippen molar-refractivity contribution in [2.75, 3.05) is 43.4 Å². The van der Waals surface area contributed by atoms with Gasteiger partial charge < -0.3 is 20.2 Å². The molecule has 2 aromatic carbocycles. The molecule has 1 aliphatic rings. The van der Waals surface area contributed by atoms with Gasteiger partial charge in [-0.3, -0.25) is 9.89 Å². The molecule has 0 spiro atoms. The first kappa shape index (κ1) is 25.7. The van der Waals surface area contributed by atoms with Crippen molar-refractivity contribution >= 4 is 28.4 Å². The third-order valence-corrected chi connectivity index (χ3v) is 6.75. The van der Waals surface area contributed by atoms with Gasteiger partial charge in [-0.1, -0.05) is 24.3 Å². The highest BCUT2D eigenvalue weighted by molar-refractivity contribution is 5.91. The van der Waals surface area contributed by atoms with E-state index in [0.717, 1.165) is 43.0 Å². The number of allylic oxidation sites excluding steroid dienone is 1. The molecule has 0 aliphatic carbocycles. The van der Waals surface area contributed by atoms with Gasteiger partial charge in [0.25, 0.3) is 5.56 Å². The molecule has 0 amide bonds. The second-order valence-electron chi connectivity index (χ2n) is 10.6. The Morgan fingerprint density at radius 2 is 1.84 bits per heavy atom. The summed E-state index contributed by atoms with van der Waals surface area (Å²) in [6.07, 6.45) is 2.14. The van der Waals surface area contributed by atoms with Crippen LogP contribution in [0, 0.1) is 0 Å². The summed E-state index contributed by atoms with van der Waals surface area (Å²) in [6, 6.07) is 16.0. The Kier molecular flexibility index (Phi) is 7.05. The lowest BCUT2D eigenvalue weighted by Gasteiger charge is -2.34. The molecule has 3 heterocycles. The number of anilines is 3. The van der Waals surface area contributed by atoms with Gasteiger partial charge in [-0.05, 0) is 56.8 Å². The Balaban J connectivity index is 1.51. The molecular weight excluding hydrogens is 478 g/mol. The molecule has 0 unspecified atom stereocenters. The standard InChI is InChI=1S/C29H35N7O2/c1-5-13-36-27(37)24-25(21-8-6-7-20(18-21)19-29(2,3)38)31-28(32-26(24)33-36)30-22-9-11-23(12-10-22)35-16-14-34(4)15-17-35/h5-12,18,38H,1,13-17,19H2,2-4H3,(H2,30,31,32,33). The summed E-state index contributed by atoms with van der Waals surface area (Å²) in [6.45, 7) is 11.8. The molecule has 1 fully saturated rings. The van der Waals surface area contributed by atoms with Gasteiger partial charge in [-0.15, -0.1) is 6.58 Å². The van der Waals surface area contributed by atoms with E-state index in [9.17, 15) is 9.90 Å². The number of aliphatic hydroxyl groups is 1. The Morgan fingerprint density at radius 1 is 1.11 bits per heavy atom. The second kappa shape index (κ2) is 10.4. The van der Waals surface area contributed by atoms with Crippen molar-refractivity contribution in [2.45, 2.75) is 32.4 Å². The van der Waals surface area contributed by atoms with Crippen LogP contribution in [0.4, 0.5) is 17.3 Å². The zero-order chi connectivity index (χ0) is 26.9. The van der Waals surface area contributed by atoms with E-state index in [1.54, 1.807) is 19.9 Å². The fraction of sp³-hybridized carbons (Fsp3) is 0.345. The number of fused-ring (bicyclic) bond motifs is 1. The number of nitrogens with zero attached hydrogens (tertiary/aromatic N) is 5. The molecule has 0 saturated carbocycles. The smallest absolute Gasteiger partial charge is 0.278 e. The predicted molar refractivity (Wildman–Crippen MR) is 153 cm³/mol. The minimum atomic E-state index is -0.854. The lowest BCUT2D eigenvalue weighted by molar-refractivity contribution is 0.0810. The molecule has 2 aromatic heterocycles. The molecule has 0 bridgehead atoms. The highest BCUT2D eigenvalue weighted by Crippen LogP contribution is 2.28. The zero-order valence-corrected chi connectivity index (χ0v) is 22.2. The van der Waals surface area contributed by atoms with Crippen LogP contribution in [0.3, 0.4) is 0 Å². The summed E-state index contributed by atoms with van der Waals surface area (Å²) >= 11 is 0. The van der Waals surface area contributed by atoms with Crippen molar-refractivity contribution in [3.63, 3.8) is 0 Å². The molecule has 3 N–H and O–H groups in total. The van der Waals surface area contributed by atoms with Crippen molar-refractivity contribution < 1.29 is 5.11 Å². The van der Waals surface area contributed by atoms with Gasteiger partial charge in [-0.2, -0.15) is 4.98 Å². The first-order valence-corrected chi connectivity index (χ1v) is 12.9. The van der Waals surface area contributed by atoms with Gasteiger partial charge in [-0.25, -0.2) is 9.67 Å². The molecule has 0 atom stereocenters. The van der Waals surface area contributed by atoms with Crippen molar-refractivity contribution in [3.05, 3.63) is 77.1 Å². The maximum Gasteiger partial charge on any atom is 0.278 e. The average molecular weight is 514 g/mol. The Bertz CT molecular complexity index is 1490. The van der Waals surface area contributed by atoms with Crippen LogP contribution in [-0.4, -0.2) is 68.6 Å². The van der Waals surface area contributed by atoms with Crippen LogP contribution in [0.15, 0.2) is 66.0 Å². The van der Waals surface area contributed by atoms with E-state index in [1.807, 2.05) is 36.4 Å². The molecule has 1 saturated heterocycles. The molecule has 9 nitrogen and oxygen atoms in total. The number of piperazine rings is 1. The number of H-pyrrole nitrogens is 1. The SMILES string of the molecule is C=CCn1[nH]c2nc(Nc3ccc(N4CCN(C)CC4)cc3)nc(-c3cccc(CC(C)(C)O)c3)c2c1=O. The first-order valence-electron chi connectivity index (χ1n) is 12.9. The topological polar surface area (TPSA) is 102 Å². The number of aromatic nitrogens is 4.